The summed E-state index contributed by atoms with van der Waals surface area (Å²) in [6.07, 6.45) is 3.07. The molecule has 114 valence electrons. The Balaban J connectivity index is 2.66. The number of nitrogens with one attached hydrogen (secondary N) is 1. The molecule has 0 aliphatic carbocycles. The highest BCUT2D eigenvalue weighted by molar-refractivity contribution is 9.10. The predicted molar refractivity (Wildman–Crippen MR) is 85.9 cm³/mol. The van der Waals surface area contributed by atoms with Crippen molar-refractivity contribution in [3.63, 3.8) is 0 Å². The van der Waals surface area contributed by atoms with E-state index in [1.54, 1.807) is 7.11 Å². The highest BCUT2D eigenvalue weighted by atomic mass is 79.9. The van der Waals surface area contributed by atoms with Gasteiger partial charge in [0.2, 0.25) is 0 Å². The first kappa shape index (κ1) is 17.4. The van der Waals surface area contributed by atoms with E-state index in [0.717, 1.165) is 37.9 Å². The summed E-state index contributed by atoms with van der Waals surface area (Å²) in [6.45, 7) is 8.71. The summed E-state index contributed by atoms with van der Waals surface area (Å²) in [4.78, 5) is 0. The number of hydrogen-bond donors (Lipinski definition) is 1. The van der Waals surface area contributed by atoms with Gasteiger partial charge < -0.3 is 10.1 Å². The summed E-state index contributed by atoms with van der Waals surface area (Å²) in [6, 6.07) is 3.28. The molecule has 1 N–H and O–H groups in total. The number of rotatable bonds is 8. The van der Waals surface area contributed by atoms with Gasteiger partial charge in [0, 0.05) is 6.07 Å². The van der Waals surface area contributed by atoms with Gasteiger partial charge in [0.15, 0.2) is 0 Å². The number of halogens is 2. The minimum atomic E-state index is -0.281. The van der Waals surface area contributed by atoms with Crippen molar-refractivity contribution >= 4 is 15.9 Å². The lowest BCUT2D eigenvalue weighted by Crippen LogP contribution is -2.22. The third kappa shape index (κ3) is 5.41. The third-order valence-electron chi connectivity index (χ3n) is 3.62. The normalized spacial score (nSPS) is 11.7. The molecule has 1 rings (SSSR count). The lowest BCUT2D eigenvalue weighted by atomic mass is 9.83. The second-order valence-corrected chi connectivity index (χ2v) is 6.70. The van der Waals surface area contributed by atoms with Gasteiger partial charge in [-0.15, -0.1) is 0 Å². The zero-order chi connectivity index (χ0) is 15.2. The Morgan fingerprint density at radius 1 is 1.30 bits per heavy atom. The highest BCUT2D eigenvalue weighted by Gasteiger charge is 2.19. The molecular formula is C16H25BrFNO. The monoisotopic (exact) mass is 345 g/mol. The van der Waals surface area contributed by atoms with E-state index in [1.807, 2.05) is 6.07 Å². The summed E-state index contributed by atoms with van der Waals surface area (Å²) in [5.41, 5.74) is 1.31. The van der Waals surface area contributed by atoms with Crippen LogP contribution in [0.3, 0.4) is 0 Å². The maximum absolute atomic E-state index is 13.5. The molecule has 0 unspecified atom stereocenters. The fourth-order valence-electron chi connectivity index (χ4n) is 2.16. The smallest absolute Gasteiger partial charge is 0.141 e. The largest absolute Gasteiger partial charge is 0.496 e. The molecule has 0 saturated carbocycles. The van der Waals surface area contributed by atoms with Crippen molar-refractivity contribution in [1.29, 1.82) is 0 Å². The quantitative estimate of drug-likeness (QED) is 0.697. The first-order valence-electron chi connectivity index (χ1n) is 7.12. The van der Waals surface area contributed by atoms with Crippen LogP contribution in [0.15, 0.2) is 16.6 Å². The van der Waals surface area contributed by atoms with E-state index in [0.29, 0.717) is 10.2 Å². The summed E-state index contributed by atoms with van der Waals surface area (Å²) in [5.74, 6) is 0.352. The maximum Gasteiger partial charge on any atom is 0.141 e. The van der Waals surface area contributed by atoms with Crippen LogP contribution < -0.4 is 10.1 Å². The Morgan fingerprint density at radius 3 is 2.60 bits per heavy atom. The first-order chi connectivity index (χ1) is 9.39. The molecule has 0 atom stereocenters. The number of aryl methyl sites for hydroxylation is 1. The van der Waals surface area contributed by atoms with Gasteiger partial charge in [0.25, 0.3) is 0 Å². The number of benzene rings is 1. The Morgan fingerprint density at radius 2 is 2.00 bits per heavy atom. The second kappa shape index (κ2) is 7.99. The van der Waals surface area contributed by atoms with Crippen LogP contribution >= 0.6 is 15.9 Å². The summed E-state index contributed by atoms with van der Waals surface area (Å²) < 4.78 is 19.3. The van der Waals surface area contributed by atoms with E-state index < -0.39 is 0 Å². The highest BCUT2D eigenvalue weighted by Crippen LogP contribution is 2.32. The molecular weight excluding hydrogens is 321 g/mol. The fourth-order valence-corrected chi connectivity index (χ4v) is 2.55. The van der Waals surface area contributed by atoms with Crippen LogP contribution in [-0.2, 0) is 6.42 Å². The van der Waals surface area contributed by atoms with E-state index in [1.165, 1.54) is 6.07 Å². The van der Waals surface area contributed by atoms with Crippen LogP contribution in [0.5, 0.6) is 5.75 Å². The van der Waals surface area contributed by atoms with Crippen molar-refractivity contribution in [3.8, 4) is 5.75 Å². The van der Waals surface area contributed by atoms with Crippen LogP contribution in [0.1, 0.15) is 39.2 Å². The molecule has 1 aromatic carbocycles. The van der Waals surface area contributed by atoms with Crippen molar-refractivity contribution in [1.82, 2.24) is 5.32 Å². The summed E-state index contributed by atoms with van der Waals surface area (Å²) in [5, 5.41) is 3.36. The van der Waals surface area contributed by atoms with Crippen molar-refractivity contribution in [2.45, 2.75) is 40.0 Å². The minimum Gasteiger partial charge on any atom is -0.496 e. The second-order valence-electron chi connectivity index (χ2n) is 5.85. The minimum absolute atomic E-state index is 0.258. The summed E-state index contributed by atoms with van der Waals surface area (Å²) in [7, 11) is 1.59. The zero-order valence-electron chi connectivity index (χ0n) is 12.9. The molecule has 0 heterocycles. The standard InChI is InChI=1S/C16H25BrFNO/c1-5-19-9-8-16(2,3)7-6-12-10-13(17)14(18)11-15(12)20-4/h10-11,19H,5-9H2,1-4H3. The molecule has 0 saturated heterocycles. The molecule has 0 aliphatic heterocycles. The molecule has 4 heteroatoms. The van der Waals surface area contributed by atoms with Gasteiger partial charge >= 0.3 is 0 Å². The van der Waals surface area contributed by atoms with E-state index in [4.69, 9.17) is 4.74 Å². The number of methoxy groups -OCH3 is 1. The lowest BCUT2D eigenvalue weighted by molar-refractivity contribution is 0.301. The molecule has 0 aliphatic rings. The Kier molecular flexibility index (Phi) is 6.96. The molecule has 0 amide bonds. The first-order valence-corrected chi connectivity index (χ1v) is 7.91. The van der Waals surface area contributed by atoms with Crippen molar-refractivity contribution in [2.24, 2.45) is 5.41 Å². The Labute approximate surface area is 130 Å². The van der Waals surface area contributed by atoms with Crippen molar-refractivity contribution < 1.29 is 9.13 Å². The van der Waals surface area contributed by atoms with E-state index in [2.05, 4.69) is 42.0 Å². The van der Waals surface area contributed by atoms with Crippen LogP contribution in [0.25, 0.3) is 0 Å². The number of hydrogen-bond acceptors (Lipinski definition) is 2. The van der Waals surface area contributed by atoms with Crippen LogP contribution in [-0.4, -0.2) is 20.2 Å². The summed E-state index contributed by atoms with van der Waals surface area (Å²) >= 11 is 3.24. The van der Waals surface area contributed by atoms with Gasteiger partial charge in [-0.2, -0.15) is 0 Å². The van der Waals surface area contributed by atoms with Gasteiger partial charge in [-0.1, -0.05) is 20.8 Å². The van der Waals surface area contributed by atoms with Gasteiger partial charge in [-0.25, -0.2) is 4.39 Å². The number of ether oxygens (including phenoxy) is 1. The topological polar surface area (TPSA) is 21.3 Å². The average molecular weight is 346 g/mol. The molecule has 0 bridgehead atoms. The van der Waals surface area contributed by atoms with Gasteiger partial charge in [0.1, 0.15) is 11.6 Å². The van der Waals surface area contributed by atoms with E-state index in [-0.39, 0.29) is 11.2 Å². The van der Waals surface area contributed by atoms with Gasteiger partial charge in [-0.3, -0.25) is 0 Å². The zero-order valence-corrected chi connectivity index (χ0v) is 14.4. The van der Waals surface area contributed by atoms with E-state index in [9.17, 15) is 4.39 Å². The maximum atomic E-state index is 13.5. The van der Waals surface area contributed by atoms with Gasteiger partial charge in [0.05, 0.1) is 11.6 Å². The lowest BCUT2D eigenvalue weighted by Gasteiger charge is -2.25. The predicted octanol–water partition coefficient (Wildman–Crippen LogP) is 4.56. The molecule has 2 nitrogen and oxygen atoms in total. The van der Waals surface area contributed by atoms with E-state index >= 15 is 0 Å². The van der Waals surface area contributed by atoms with Crippen molar-refractivity contribution in [2.75, 3.05) is 20.2 Å². The van der Waals surface area contributed by atoms with Crippen LogP contribution in [0, 0.1) is 11.2 Å². The van der Waals surface area contributed by atoms with Gasteiger partial charge in [-0.05, 0) is 65.3 Å². The Hall–Kier alpha value is -0.610. The molecule has 0 spiro atoms. The van der Waals surface area contributed by atoms with Crippen molar-refractivity contribution in [3.05, 3.63) is 28.0 Å². The third-order valence-corrected chi connectivity index (χ3v) is 4.23. The Bertz CT molecular complexity index is 435. The molecule has 1 aromatic rings. The molecule has 0 fully saturated rings. The molecule has 0 radical (unpaired) electrons. The molecule has 20 heavy (non-hydrogen) atoms. The van der Waals surface area contributed by atoms with Crippen LogP contribution in [0.4, 0.5) is 4.39 Å². The van der Waals surface area contributed by atoms with Crippen LogP contribution in [0.2, 0.25) is 0 Å². The SMILES string of the molecule is CCNCCC(C)(C)CCc1cc(Br)c(F)cc1OC. The average Bonchev–Trinajstić information content (AvgIpc) is 2.40. The molecule has 0 aromatic heterocycles. The fraction of sp³-hybridized carbons (Fsp3) is 0.625.